The summed E-state index contributed by atoms with van der Waals surface area (Å²) in [6.07, 6.45) is 2.64. The Labute approximate surface area is 188 Å². The zero-order valence-electron chi connectivity index (χ0n) is 17.7. The van der Waals surface area contributed by atoms with Gasteiger partial charge in [-0.25, -0.2) is 26.7 Å². The first-order valence-electron chi connectivity index (χ1n) is 10.2. The molecule has 3 rings (SSSR count). The van der Waals surface area contributed by atoms with Crippen molar-refractivity contribution in [3.8, 4) is 11.4 Å². The number of rotatable bonds is 9. The quantitative estimate of drug-likeness (QED) is 0.288. The predicted octanol–water partition coefficient (Wildman–Crippen LogP) is -1.05. The molecule has 0 amide bonds. The third kappa shape index (κ3) is 5.24. The van der Waals surface area contributed by atoms with Crippen molar-refractivity contribution in [2.75, 3.05) is 31.1 Å². The molecule has 1 aliphatic rings. The van der Waals surface area contributed by atoms with Crippen molar-refractivity contribution in [3.63, 3.8) is 0 Å². The minimum Gasteiger partial charge on any atom is -0.371 e. The van der Waals surface area contributed by atoms with Crippen LogP contribution in [0.15, 0.2) is 21.9 Å². The molecule has 0 bridgehead atoms. The normalized spacial score (nSPS) is 16.9. The molecule has 1 fully saturated rings. The first kappa shape index (κ1) is 24.5. The summed E-state index contributed by atoms with van der Waals surface area (Å²) in [5, 5.41) is 19.1. The van der Waals surface area contributed by atoms with Crippen LogP contribution in [0.3, 0.4) is 0 Å². The highest BCUT2D eigenvalue weighted by Crippen LogP contribution is 2.39. The standard InChI is InChI=1S/C17H29N9O4S2.H2/c1-11(10-19)23-32(29,30)14-3-2-13(26-8-5-12(4-7-18)6-9-26)15(16(14)31(20,27)28)17-21-24-25-22-17;/h2-3,11-12,23H,4-10,18-19H2,1H3,(H2,20,27,28)(H,21,22,24,25);1H/t11-;/m1./s1. The molecule has 15 heteroatoms. The van der Waals surface area contributed by atoms with E-state index in [1.807, 2.05) is 4.90 Å². The van der Waals surface area contributed by atoms with Crippen LogP contribution in [0, 0.1) is 5.92 Å². The highest BCUT2D eigenvalue weighted by atomic mass is 32.2. The molecule has 1 atom stereocenters. The Morgan fingerprint density at radius 3 is 2.47 bits per heavy atom. The summed E-state index contributed by atoms with van der Waals surface area (Å²) in [7, 11) is -8.78. The van der Waals surface area contributed by atoms with E-state index in [9.17, 15) is 16.8 Å². The Bertz CT molecular complexity index is 1140. The molecule has 1 aliphatic heterocycles. The average Bonchev–Trinajstić information content (AvgIpc) is 3.27. The number of aromatic amines is 1. The molecule has 8 N–H and O–H groups in total. The van der Waals surface area contributed by atoms with E-state index in [4.69, 9.17) is 16.6 Å². The molecule has 1 saturated heterocycles. The van der Waals surface area contributed by atoms with Gasteiger partial charge in [-0.2, -0.15) is 5.21 Å². The summed E-state index contributed by atoms with van der Waals surface area (Å²) in [5.74, 6) is 0.404. The summed E-state index contributed by atoms with van der Waals surface area (Å²) in [4.78, 5) is 0.888. The van der Waals surface area contributed by atoms with E-state index in [1.54, 1.807) is 13.0 Å². The first-order valence-corrected chi connectivity index (χ1v) is 13.2. The van der Waals surface area contributed by atoms with E-state index in [2.05, 4.69) is 25.3 Å². The molecular formula is C17H31N9O4S2. The fourth-order valence-corrected chi connectivity index (χ4v) is 6.72. The van der Waals surface area contributed by atoms with Gasteiger partial charge in [0, 0.05) is 32.8 Å². The summed E-state index contributed by atoms with van der Waals surface area (Å²) in [6, 6.07) is 2.16. The molecule has 13 nitrogen and oxygen atoms in total. The highest BCUT2D eigenvalue weighted by molar-refractivity contribution is 7.92. The van der Waals surface area contributed by atoms with Gasteiger partial charge in [-0.15, -0.1) is 10.2 Å². The second-order valence-electron chi connectivity index (χ2n) is 7.83. The number of hydrogen-bond acceptors (Lipinski definition) is 10. The SMILES string of the molecule is C[C@H](CN)NS(=O)(=O)c1ccc(N2CCC(CCN)CC2)c(-c2nn[nH]n2)c1S(N)(=O)=O.[HH]. The number of sulfonamides is 2. The zero-order valence-corrected chi connectivity index (χ0v) is 19.4. The summed E-state index contributed by atoms with van der Waals surface area (Å²) < 4.78 is 53.8. The maximum absolute atomic E-state index is 13.0. The summed E-state index contributed by atoms with van der Waals surface area (Å²) in [6.45, 7) is 3.46. The molecule has 0 radical (unpaired) electrons. The van der Waals surface area contributed by atoms with Gasteiger partial charge in [-0.05, 0) is 56.0 Å². The van der Waals surface area contributed by atoms with Crippen molar-refractivity contribution in [3.05, 3.63) is 12.1 Å². The second-order valence-corrected chi connectivity index (χ2v) is 11.0. The predicted molar refractivity (Wildman–Crippen MR) is 121 cm³/mol. The van der Waals surface area contributed by atoms with E-state index in [0.29, 0.717) is 31.2 Å². The van der Waals surface area contributed by atoms with Crippen LogP contribution in [0.25, 0.3) is 11.4 Å². The summed E-state index contributed by atoms with van der Waals surface area (Å²) in [5.41, 5.74) is 11.6. The van der Waals surface area contributed by atoms with Crippen molar-refractivity contribution >= 4 is 25.7 Å². The molecule has 0 unspecified atom stereocenters. The number of primary sulfonamides is 1. The lowest BCUT2D eigenvalue weighted by Crippen LogP contribution is -2.39. The van der Waals surface area contributed by atoms with Crippen molar-refractivity contribution in [2.45, 2.75) is 42.0 Å². The van der Waals surface area contributed by atoms with Crippen LogP contribution in [0.4, 0.5) is 5.69 Å². The van der Waals surface area contributed by atoms with Crippen LogP contribution in [-0.4, -0.2) is 69.7 Å². The van der Waals surface area contributed by atoms with E-state index >= 15 is 0 Å². The van der Waals surface area contributed by atoms with E-state index in [1.165, 1.54) is 6.07 Å². The van der Waals surface area contributed by atoms with Gasteiger partial charge in [0.2, 0.25) is 25.9 Å². The number of benzene rings is 1. The lowest BCUT2D eigenvalue weighted by atomic mass is 9.93. The Balaban J connectivity index is 0.00000385. The zero-order chi connectivity index (χ0) is 23.5. The van der Waals surface area contributed by atoms with Crippen LogP contribution < -0.4 is 26.2 Å². The van der Waals surface area contributed by atoms with Crippen molar-refractivity contribution in [1.29, 1.82) is 0 Å². The average molecular weight is 490 g/mol. The van der Waals surface area contributed by atoms with Crippen LogP contribution >= 0.6 is 0 Å². The molecule has 0 aliphatic carbocycles. The number of anilines is 1. The number of nitrogens with one attached hydrogen (secondary N) is 2. The number of nitrogens with zero attached hydrogens (tertiary/aromatic N) is 4. The third-order valence-electron chi connectivity index (χ3n) is 5.48. The largest absolute Gasteiger partial charge is 0.371 e. The van der Waals surface area contributed by atoms with E-state index in [0.717, 1.165) is 19.3 Å². The molecule has 0 spiro atoms. The third-order valence-corrected chi connectivity index (χ3v) is 8.24. The topological polar surface area (TPSA) is 216 Å². The summed E-state index contributed by atoms with van der Waals surface area (Å²) >= 11 is 0. The van der Waals surface area contributed by atoms with Gasteiger partial charge < -0.3 is 16.4 Å². The Morgan fingerprint density at radius 1 is 1.25 bits per heavy atom. The van der Waals surface area contributed by atoms with Gasteiger partial charge in [0.25, 0.3) is 0 Å². The molecule has 0 saturated carbocycles. The second kappa shape index (κ2) is 9.76. The van der Waals surface area contributed by atoms with Crippen LogP contribution in [-0.2, 0) is 20.0 Å². The van der Waals surface area contributed by atoms with Gasteiger partial charge in [-0.3, -0.25) is 0 Å². The molecular weight excluding hydrogens is 458 g/mol. The van der Waals surface area contributed by atoms with Gasteiger partial charge in [0.1, 0.15) is 9.79 Å². The Kier molecular flexibility index (Phi) is 7.46. The molecule has 2 heterocycles. The van der Waals surface area contributed by atoms with E-state index < -0.39 is 35.9 Å². The van der Waals surface area contributed by atoms with Crippen molar-refractivity contribution in [1.82, 2.24) is 25.3 Å². The minimum atomic E-state index is -4.51. The fraction of sp³-hybridized carbons (Fsp3) is 0.588. The molecule has 180 valence electrons. The van der Waals surface area contributed by atoms with Crippen LogP contribution in [0.5, 0.6) is 0 Å². The number of tetrazole rings is 1. The Hall–Kier alpha value is -2.17. The maximum Gasteiger partial charge on any atom is 0.242 e. The minimum absolute atomic E-state index is 0. The van der Waals surface area contributed by atoms with E-state index in [-0.39, 0.29) is 19.4 Å². The van der Waals surface area contributed by atoms with Gasteiger partial charge in [0.15, 0.2) is 0 Å². The van der Waals surface area contributed by atoms with Gasteiger partial charge in [0.05, 0.1) is 5.56 Å². The molecule has 2 aromatic rings. The number of hydrogen-bond donors (Lipinski definition) is 5. The van der Waals surface area contributed by atoms with Crippen molar-refractivity contribution < 1.29 is 18.3 Å². The monoisotopic (exact) mass is 489 g/mol. The lowest BCUT2D eigenvalue weighted by molar-refractivity contribution is 0.386. The lowest BCUT2D eigenvalue weighted by Gasteiger charge is -2.35. The van der Waals surface area contributed by atoms with Gasteiger partial charge in [-0.1, -0.05) is 0 Å². The Morgan fingerprint density at radius 2 is 1.94 bits per heavy atom. The van der Waals surface area contributed by atoms with Crippen LogP contribution in [0.2, 0.25) is 0 Å². The number of nitrogens with two attached hydrogens (primary N) is 3. The van der Waals surface area contributed by atoms with Gasteiger partial charge >= 0.3 is 0 Å². The molecule has 1 aromatic heterocycles. The fourth-order valence-electron chi connectivity index (χ4n) is 3.87. The van der Waals surface area contributed by atoms with Crippen LogP contribution in [0.1, 0.15) is 27.6 Å². The number of H-pyrrole nitrogens is 1. The molecule has 32 heavy (non-hydrogen) atoms. The molecule has 1 aromatic carbocycles. The maximum atomic E-state index is 13.0. The number of aromatic nitrogens is 4. The van der Waals surface area contributed by atoms with Crippen molar-refractivity contribution in [2.24, 2.45) is 22.5 Å². The number of piperidine rings is 1. The highest BCUT2D eigenvalue weighted by Gasteiger charge is 2.34. The smallest absolute Gasteiger partial charge is 0.242 e. The first-order chi connectivity index (χ1) is 15.1.